The molecule has 2 saturated carbocycles. The predicted octanol–water partition coefficient (Wildman–Crippen LogP) is 5.55. The van der Waals surface area contributed by atoms with Crippen LogP contribution in [0.1, 0.15) is 85.5 Å². The highest BCUT2D eigenvalue weighted by molar-refractivity contribution is 5.81. The van der Waals surface area contributed by atoms with Crippen molar-refractivity contribution in [2.45, 2.75) is 85.5 Å². The Labute approximate surface area is 165 Å². The number of carboxylic acid groups (broad SMARTS) is 1. The molecule has 2 aliphatic carbocycles. The first kappa shape index (κ1) is 22.2. The molecule has 2 fully saturated rings. The Bertz CT molecular complexity index is 489. The van der Waals surface area contributed by atoms with Crippen LogP contribution in [0.2, 0.25) is 0 Å². The molecule has 7 atom stereocenters. The van der Waals surface area contributed by atoms with Gasteiger partial charge in [-0.3, -0.25) is 9.59 Å². The Morgan fingerprint density at radius 1 is 1.00 bits per heavy atom. The van der Waals surface area contributed by atoms with Gasteiger partial charge in [0.05, 0.1) is 18.4 Å². The molecule has 156 valence electrons. The van der Waals surface area contributed by atoms with Crippen LogP contribution in [0.5, 0.6) is 0 Å². The Morgan fingerprint density at radius 2 is 1.74 bits per heavy atom. The highest BCUT2D eigenvalue weighted by Crippen LogP contribution is 2.42. The molecular weight excluding hydrogens is 340 g/mol. The minimum Gasteiger partial charge on any atom is -0.481 e. The lowest BCUT2D eigenvalue weighted by Crippen LogP contribution is -2.38. The quantitative estimate of drug-likeness (QED) is 0.443. The zero-order valence-corrected chi connectivity index (χ0v) is 17.8. The van der Waals surface area contributed by atoms with Crippen LogP contribution in [-0.2, 0) is 14.3 Å². The van der Waals surface area contributed by atoms with Crippen LogP contribution in [0.15, 0.2) is 0 Å². The van der Waals surface area contributed by atoms with E-state index in [-0.39, 0.29) is 5.97 Å². The van der Waals surface area contributed by atoms with Gasteiger partial charge in [-0.05, 0) is 61.7 Å². The van der Waals surface area contributed by atoms with Gasteiger partial charge in [0.1, 0.15) is 0 Å². The van der Waals surface area contributed by atoms with Crippen LogP contribution < -0.4 is 0 Å². The lowest BCUT2D eigenvalue weighted by Gasteiger charge is -2.40. The molecule has 0 spiro atoms. The zero-order valence-electron chi connectivity index (χ0n) is 17.8. The van der Waals surface area contributed by atoms with Gasteiger partial charge in [0.15, 0.2) is 0 Å². The number of rotatable bonds is 8. The zero-order chi connectivity index (χ0) is 20.0. The van der Waals surface area contributed by atoms with Gasteiger partial charge in [0.25, 0.3) is 0 Å². The van der Waals surface area contributed by atoms with Crippen molar-refractivity contribution in [2.24, 2.45) is 41.4 Å². The number of ether oxygens (including phenoxy) is 1. The summed E-state index contributed by atoms with van der Waals surface area (Å²) in [4.78, 5) is 24.2. The summed E-state index contributed by atoms with van der Waals surface area (Å²) in [5.41, 5.74) is 0. The number of hydrogen-bond acceptors (Lipinski definition) is 3. The summed E-state index contributed by atoms with van der Waals surface area (Å²) in [6.07, 6.45) is 9.60. The van der Waals surface area contributed by atoms with E-state index in [4.69, 9.17) is 4.74 Å². The molecule has 0 bridgehead atoms. The standard InChI is InChI=1S/C23H40O4/c1-5-6-7-8-19-16(3)10-11-18(17(19)4)14-27-23(26)20-12-9-15(2)13-21(20)22(24)25/h15-21H,5-14H2,1-4H3,(H,24,25). The summed E-state index contributed by atoms with van der Waals surface area (Å²) in [6, 6.07) is 0. The van der Waals surface area contributed by atoms with Gasteiger partial charge >= 0.3 is 11.9 Å². The smallest absolute Gasteiger partial charge is 0.309 e. The second kappa shape index (κ2) is 10.5. The SMILES string of the molecule is CCCCCC1C(C)CCC(COC(=O)C2CCC(C)CC2C(=O)O)C1C. The van der Waals surface area contributed by atoms with Gasteiger partial charge in [-0.1, -0.05) is 53.4 Å². The van der Waals surface area contributed by atoms with Crippen molar-refractivity contribution < 1.29 is 19.4 Å². The van der Waals surface area contributed by atoms with Gasteiger partial charge in [0, 0.05) is 0 Å². The van der Waals surface area contributed by atoms with Gasteiger partial charge in [-0.15, -0.1) is 0 Å². The van der Waals surface area contributed by atoms with Crippen molar-refractivity contribution in [3.8, 4) is 0 Å². The Kier molecular flexibility index (Phi) is 8.62. The number of unbranched alkanes of at least 4 members (excludes halogenated alkanes) is 2. The number of carboxylic acids is 1. The normalized spacial score (nSPS) is 37.0. The maximum absolute atomic E-state index is 12.6. The minimum absolute atomic E-state index is 0.275. The molecule has 0 radical (unpaired) electrons. The molecule has 0 aromatic heterocycles. The highest BCUT2D eigenvalue weighted by atomic mass is 16.5. The molecule has 2 rings (SSSR count). The molecule has 7 unspecified atom stereocenters. The van der Waals surface area contributed by atoms with E-state index in [1.54, 1.807) is 0 Å². The summed E-state index contributed by atoms with van der Waals surface area (Å²) in [5.74, 6) is 0.670. The average molecular weight is 381 g/mol. The van der Waals surface area contributed by atoms with Crippen molar-refractivity contribution in [3.05, 3.63) is 0 Å². The molecule has 0 amide bonds. The predicted molar refractivity (Wildman–Crippen MR) is 107 cm³/mol. The second-order valence-corrected chi connectivity index (χ2v) is 9.43. The fourth-order valence-corrected chi connectivity index (χ4v) is 5.47. The van der Waals surface area contributed by atoms with Gasteiger partial charge in [0.2, 0.25) is 0 Å². The number of esters is 1. The first-order chi connectivity index (χ1) is 12.8. The monoisotopic (exact) mass is 380 g/mol. The molecular formula is C23H40O4. The molecule has 2 aliphatic rings. The number of hydrogen-bond donors (Lipinski definition) is 1. The third-order valence-electron chi connectivity index (χ3n) is 7.46. The molecule has 1 N–H and O–H groups in total. The Balaban J connectivity index is 1.88. The molecule has 0 heterocycles. The van der Waals surface area contributed by atoms with Crippen LogP contribution in [0.4, 0.5) is 0 Å². The molecule has 27 heavy (non-hydrogen) atoms. The van der Waals surface area contributed by atoms with E-state index in [9.17, 15) is 14.7 Å². The lowest BCUT2D eigenvalue weighted by atomic mass is 9.66. The third-order valence-corrected chi connectivity index (χ3v) is 7.46. The Hall–Kier alpha value is -1.06. The van der Waals surface area contributed by atoms with Crippen LogP contribution in [-0.4, -0.2) is 23.7 Å². The first-order valence-corrected chi connectivity index (χ1v) is 11.2. The molecule has 0 saturated heterocycles. The van der Waals surface area contributed by atoms with E-state index in [1.807, 2.05) is 0 Å². The van der Waals surface area contributed by atoms with E-state index in [0.717, 1.165) is 24.7 Å². The highest BCUT2D eigenvalue weighted by Gasteiger charge is 2.40. The number of carbonyl (C=O) groups is 2. The van der Waals surface area contributed by atoms with Crippen LogP contribution in [0.3, 0.4) is 0 Å². The molecule has 4 heteroatoms. The largest absolute Gasteiger partial charge is 0.481 e. The third kappa shape index (κ3) is 5.96. The maximum Gasteiger partial charge on any atom is 0.309 e. The molecule has 0 aromatic rings. The van der Waals surface area contributed by atoms with E-state index >= 15 is 0 Å². The van der Waals surface area contributed by atoms with Crippen LogP contribution >= 0.6 is 0 Å². The van der Waals surface area contributed by atoms with Gasteiger partial charge in [-0.25, -0.2) is 0 Å². The molecule has 0 aromatic carbocycles. The first-order valence-electron chi connectivity index (χ1n) is 11.2. The van der Waals surface area contributed by atoms with Crippen LogP contribution in [0, 0.1) is 41.4 Å². The van der Waals surface area contributed by atoms with E-state index in [1.165, 1.54) is 32.1 Å². The summed E-state index contributed by atoms with van der Waals surface area (Å²) >= 11 is 0. The van der Waals surface area contributed by atoms with Crippen LogP contribution in [0.25, 0.3) is 0 Å². The van der Waals surface area contributed by atoms with Crippen molar-refractivity contribution in [2.75, 3.05) is 6.61 Å². The fourth-order valence-electron chi connectivity index (χ4n) is 5.47. The van der Waals surface area contributed by atoms with E-state index in [2.05, 4.69) is 27.7 Å². The number of aliphatic carboxylic acids is 1. The van der Waals surface area contributed by atoms with E-state index < -0.39 is 17.8 Å². The van der Waals surface area contributed by atoms with Crippen molar-refractivity contribution in [1.82, 2.24) is 0 Å². The van der Waals surface area contributed by atoms with Crippen molar-refractivity contribution >= 4 is 11.9 Å². The van der Waals surface area contributed by atoms with Crippen molar-refractivity contribution in [1.29, 1.82) is 0 Å². The molecule has 4 nitrogen and oxygen atoms in total. The summed E-state index contributed by atoms with van der Waals surface area (Å²) in [6.45, 7) is 9.48. The lowest BCUT2D eigenvalue weighted by molar-refractivity contribution is -0.162. The number of carbonyl (C=O) groups excluding carboxylic acids is 1. The van der Waals surface area contributed by atoms with Crippen molar-refractivity contribution in [3.63, 3.8) is 0 Å². The van der Waals surface area contributed by atoms with Gasteiger partial charge < -0.3 is 9.84 Å². The minimum atomic E-state index is -0.848. The Morgan fingerprint density at radius 3 is 2.41 bits per heavy atom. The van der Waals surface area contributed by atoms with E-state index in [0.29, 0.717) is 37.2 Å². The fraction of sp³-hybridized carbons (Fsp3) is 0.913. The topological polar surface area (TPSA) is 63.6 Å². The summed E-state index contributed by atoms with van der Waals surface area (Å²) in [5, 5.41) is 9.49. The summed E-state index contributed by atoms with van der Waals surface area (Å²) in [7, 11) is 0. The average Bonchev–Trinajstić information content (AvgIpc) is 2.63. The van der Waals surface area contributed by atoms with Gasteiger partial charge in [-0.2, -0.15) is 0 Å². The maximum atomic E-state index is 12.6. The molecule has 0 aliphatic heterocycles. The second-order valence-electron chi connectivity index (χ2n) is 9.43. The summed E-state index contributed by atoms with van der Waals surface area (Å²) < 4.78 is 5.71.